The Labute approximate surface area is 442 Å². The Balaban J connectivity index is 0.00000123. The number of nitrogens with one attached hydrogen (secondary N) is 3. The summed E-state index contributed by atoms with van der Waals surface area (Å²) in [5.41, 5.74) is 6.34. The summed E-state index contributed by atoms with van der Waals surface area (Å²) in [4.78, 5) is 67.9. The second-order valence-electron chi connectivity index (χ2n) is 18.3. The molecule has 0 fully saturated rings. The van der Waals surface area contributed by atoms with Gasteiger partial charge >= 0.3 is 18.2 Å². The molecule has 23 nitrogen and oxygen atoms in total. The van der Waals surface area contributed by atoms with Crippen molar-refractivity contribution >= 4 is 35.6 Å². The lowest BCUT2D eigenvalue weighted by Crippen LogP contribution is -2.41. The molecular formula is C52H86N4O19. The summed E-state index contributed by atoms with van der Waals surface area (Å²) in [6.45, 7) is 20.4. The Morgan fingerprint density at radius 1 is 0.480 bits per heavy atom. The number of carbonyl (C=O) groups is 6. The van der Waals surface area contributed by atoms with Gasteiger partial charge in [-0.25, -0.2) is 9.59 Å². The minimum atomic E-state index is -0.878. The lowest BCUT2D eigenvalue weighted by molar-refractivity contribution is -0.138. The number of amides is 3. The van der Waals surface area contributed by atoms with Crippen LogP contribution in [0, 0.1) is 0 Å². The fraction of sp³-hybridized carbons (Fsp3) is 0.654. The summed E-state index contributed by atoms with van der Waals surface area (Å²) in [5, 5.41) is 34.7. The normalized spacial score (nSPS) is 11.9. The van der Waals surface area contributed by atoms with E-state index in [0.717, 1.165) is 11.1 Å². The predicted molar refractivity (Wildman–Crippen MR) is 277 cm³/mol. The number of alkyl carbamates (subject to hydrolysis) is 2. The van der Waals surface area contributed by atoms with Gasteiger partial charge in [0, 0.05) is 19.5 Å². The Hall–Kier alpha value is -5.50. The van der Waals surface area contributed by atoms with E-state index >= 15 is 0 Å². The monoisotopic (exact) mass is 1070 g/mol. The van der Waals surface area contributed by atoms with E-state index in [2.05, 4.69) is 16.0 Å². The summed E-state index contributed by atoms with van der Waals surface area (Å²) < 4.78 is 52.7. The Morgan fingerprint density at radius 3 is 1.12 bits per heavy atom. The zero-order chi connectivity index (χ0) is 56.3. The molecule has 0 aliphatic rings. The molecule has 0 saturated carbocycles. The third kappa shape index (κ3) is 46.7. The number of aromatic hydroxyl groups is 2. The number of ketones is 2. The van der Waals surface area contributed by atoms with Crippen molar-refractivity contribution in [2.75, 3.05) is 119 Å². The number of carbonyl (C=O) groups excluding carboxylic acids is 5. The number of rotatable bonds is 37. The van der Waals surface area contributed by atoms with Gasteiger partial charge in [-0.05, 0) is 104 Å². The van der Waals surface area contributed by atoms with E-state index in [1.807, 2.05) is 0 Å². The number of carboxylic acid groups (broad SMARTS) is 1. The van der Waals surface area contributed by atoms with Crippen molar-refractivity contribution in [2.45, 2.75) is 104 Å². The molecule has 0 heterocycles. The number of hydrogen-bond acceptors (Lipinski definition) is 19. The Bertz CT molecular complexity index is 1840. The number of carboxylic acids is 1. The van der Waals surface area contributed by atoms with Crippen molar-refractivity contribution in [2.24, 2.45) is 5.73 Å². The smallest absolute Gasteiger partial charge is 0.407 e. The summed E-state index contributed by atoms with van der Waals surface area (Å²) >= 11 is 0. The molecule has 0 bridgehead atoms. The van der Waals surface area contributed by atoms with Crippen LogP contribution >= 0.6 is 0 Å². The van der Waals surface area contributed by atoms with Crippen molar-refractivity contribution in [3.05, 3.63) is 59.7 Å². The van der Waals surface area contributed by atoms with Crippen LogP contribution in [-0.4, -0.2) is 193 Å². The molecule has 75 heavy (non-hydrogen) atoms. The van der Waals surface area contributed by atoms with Gasteiger partial charge in [0.25, 0.3) is 0 Å². The minimum absolute atomic E-state index is 0.00357. The number of Topliss-reactive ketones (excluding diaryl/α,β-unsaturated/α-hetero) is 2. The molecule has 0 aliphatic heterocycles. The van der Waals surface area contributed by atoms with Gasteiger partial charge in [-0.3, -0.25) is 19.2 Å². The third-order valence-corrected chi connectivity index (χ3v) is 9.11. The summed E-state index contributed by atoms with van der Waals surface area (Å²) in [7, 11) is 0. The van der Waals surface area contributed by atoms with Crippen LogP contribution in [0.3, 0.4) is 0 Å². The van der Waals surface area contributed by atoms with Crippen LogP contribution in [-0.2, 0) is 79.4 Å². The first-order valence-corrected chi connectivity index (χ1v) is 24.9. The molecule has 0 aromatic heterocycles. The van der Waals surface area contributed by atoms with E-state index in [1.54, 1.807) is 90.1 Å². The molecule has 428 valence electrons. The molecule has 0 saturated heterocycles. The summed E-state index contributed by atoms with van der Waals surface area (Å²) in [6, 6.07) is 12.1. The van der Waals surface area contributed by atoms with Gasteiger partial charge in [0.15, 0.2) is 5.78 Å². The van der Waals surface area contributed by atoms with Crippen LogP contribution in [0.2, 0.25) is 0 Å². The molecule has 23 heteroatoms. The van der Waals surface area contributed by atoms with Crippen LogP contribution < -0.4 is 21.7 Å². The molecule has 0 spiro atoms. The zero-order valence-electron chi connectivity index (χ0n) is 45.3. The molecule has 2 unspecified atom stereocenters. The quantitative estimate of drug-likeness (QED) is 0.0472. The summed E-state index contributed by atoms with van der Waals surface area (Å²) in [6.07, 6.45) is 0.0777. The molecule has 2 aromatic carbocycles. The van der Waals surface area contributed by atoms with E-state index in [4.69, 9.17) is 63.3 Å². The van der Waals surface area contributed by atoms with Crippen LogP contribution in [0.4, 0.5) is 9.59 Å². The van der Waals surface area contributed by atoms with E-state index < -0.39 is 41.4 Å². The average Bonchev–Trinajstić information content (AvgIpc) is 3.31. The highest BCUT2D eigenvalue weighted by Gasteiger charge is 2.19. The fourth-order valence-electron chi connectivity index (χ4n) is 5.39. The van der Waals surface area contributed by atoms with Crippen molar-refractivity contribution in [3.8, 4) is 11.5 Å². The number of nitrogens with two attached hydrogens (primary N) is 1. The van der Waals surface area contributed by atoms with Gasteiger partial charge in [-0.2, -0.15) is 0 Å². The fourth-order valence-corrected chi connectivity index (χ4v) is 5.39. The zero-order valence-corrected chi connectivity index (χ0v) is 45.3. The van der Waals surface area contributed by atoms with Gasteiger partial charge < -0.3 is 84.4 Å². The number of ether oxygens (including phenoxy) is 10. The van der Waals surface area contributed by atoms with Gasteiger partial charge in [-0.15, -0.1) is 0 Å². The SMILES string of the molecule is CC(=O)C(Cc1ccc(O)cc1)NC(=O)CCOCCOCCOCCOCCNC(=O)OC(C)(C)C.CC(=O)C(N)Cc1ccc(O)cc1.CC(C)(C)OC(=O)NCCOCCOCCOCCOCCC(=O)O. The van der Waals surface area contributed by atoms with Gasteiger partial charge in [-0.1, -0.05) is 24.3 Å². The highest BCUT2D eigenvalue weighted by Crippen LogP contribution is 2.13. The van der Waals surface area contributed by atoms with Crippen molar-refractivity contribution < 1.29 is 91.5 Å². The van der Waals surface area contributed by atoms with Crippen LogP contribution in [0.25, 0.3) is 0 Å². The number of benzene rings is 2. The predicted octanol–water partition coefficient (Wildman–Crippen LogP) is 3.89. The largest absolute Gasteiger partial charge is 0.508 e. The van der Waals surface area contributed by atoms with Crippen LogP contribution in [0.5, 0.6) is 11.5 Å². The number of phenols is 2. The van der Waals surface area contributed by atoms with Gasteiger partial charge in [0.05, 0.1) is 124 Å². The second-order valence-corrected chi connectivity index (χ2v) is 18.3. The first-order chi connectivity index (χ1) is 35.5. The Kier molecular flexibility index (Phi) is 39.6. The highest BCUT2D eigenvalue weighted by molar-refractivity contribution is 5.87. The standard InChI is InChI=1S/C26H42N2O9.C16H31NO8.C10H13NO2/c1-20(29)23(19-21-5-7-22(30)8-6-21)28-24(31)9-11-33-13-15-35-17-18-36-16-14-34-12-10-27-25(32)37-26(2,3)4;1-16(2,3)25-15(20)17-5-7-22-9-11-24-13-12-23-10-8-21-6-4-14(18)19;1-7(12)10(11)6-8-2-4-9(13)5-3-8/h5-8,23,30H,9-19H2,1-4H3,(H,27,32)(H,28,31);4-13H2,1-3H3,(H,17,20)(H,18,19);2-5,10,13H,6,11H2,1H3. The maximum atomic E-state index is 12.1. The topological polar surface area (TPSA) is 318 Å². The molecule has 2 aromatic rings. The molecule has 0 aliphatic carbocycles. The first kappa shape index (κ1) is 69.5. The highest BCUT2D eigenvalue weighted by atomic mass is 16.6. The van der Waals surface area contributed by atoms with Gasteiger partial charge in [0.2, 0.25) is 5.91 Å². The number of aliphatic carboxylic acids is 1. The number of hydrogen-bond donors (Lipinski definition) is 7. The average molecular weight is 1070 g/mol. The van der Waals surface area contributed by atoms with Crippen LogP contribution in [0.15, 0.2) is 48.5 Å². The van der Waals surface area contributed by atoms with Crippen molar-refractivity contribution in [1.82, 2.24) is 16.0 Å². The van der Waals surface area contributed by atoms with Crippen molar-refractivity contribution in [1.29, 1.82) is 0 Å². The van der Waals surface area contributed by atoms with Crippen LogP contribution in [0.1, 0.15) is 79.4 Å². The molecule has 2 atom stereocenters. The minimum Gasteiger partial charge on any atom is -0.508 e. The third-order valence-electron chi connectivity index (χ3n) is 9.11. The van der Waals surface area contributed by atoms with E-state index in [-0.39, 0.29) is 55.0 Å². The lowest BCUT2D eigenvalue weighted by Gasteiger charge is -2.19. The molecule has 8 N–H and O–H groups in total. The lowest BCUT2D eigenvalue weighted by atomic mass is 10.0. The maximum absolute atomic E-state index is 12.1. The molecule has 3 amide bonds. The van der Waals surface area contributed by atoms with E-state index in [9.17, 15) is 33.9 Å². The molecule has 0 radical (unpaired) electrons. The molecule has 2 rings (SSSR count). The van der Waals surface area contributed by atoms with Gasteiger partial charge in [0.1, 0.15) is 28.5 Å². The number of phenolic OH excluding ortho intramolecular Hbond substituents is 2. The second kappa shape index (κ2) is 42.7. The molecular weight excluding hydrogens is 985 g/mol. The van der Waals surface area contributed by atoms with E-state index in [0.29, 0.717) is 118 Å². The maximum Gasteiger partial charge on any atom is 0.407 e. The van der Waals surface area contributed by atoms with E-state index in [1.165, 1.54) is 13.8 Å². The van der Waals surface area contributed by atoms with Crippen molar-refractivity contribution in [3.63, 3.8) is 0 Å². The Morgan fingerprint density at radius 2 is 0.800 bits per heavy atom. The first-order valence-electron chi connectivity index (χ1n) is 24.9. The summed E-state index contributed by atoms with van der Waals surface area (Å²) in [5.74, 6) is -0.935.